The predicted octanol–water partition coefficient (Wildman–Crippen LogP) is 1.58. The number of hydrogen-bond donors (Lipinski definition) is 1. The molecule has 0 radical (unpaired) electrons. The van der Waals surface area contributed by atoms with Crippen molar-refractivity contribution < 1.29 is 28.6 Å². The molecule has 6 heteroatoms. The lowest BCUT2D eigenvalue weighted by Gasteiger charge is -2.33. The van der Waals surface area contributed by atoms with Crippen molar-refractivity contribution in [1.29, 1.82) is 0 Å². The second-order valence-corrected chi connectivity index (χ2v) is 5.51. The largest absolute Gasteiger partial charge is 0.490 e. The van der Waals surface area contributed by atoms with E-state index in [9.17, 15) is 19.1 Å². The van der Waals surface area contributed by atoms with Crippen LogP contribution in [0.2, 0.25) is 0 Å². The van der Waals surface area contributed by atoms with E-state index < -0.39 is 17.5 Å². The minimum atomic E-state index is -1.55. The zero-order chi connectivity index (χ0) is 15.0. The Hall–Kier alpha value is -1.95. The van der Waals surface area contributed by atoms with E-state index in [1.54, 1.807) is 0 Å². The molecule has 1 saturated heterocycles. The molecule has 0 spiro atoms. The quantitative estimate of drug-likeness (QED) is 0.857. The van der Waals surface area contributed by atoms with Crippen LogP contribution in [0, 0.1) is 11.2 Å². The molecule has 2 atom stereocenters. The van der Waals surface area contributed by atoms with Gasteiger partial charge in [-0.2, -0.15) is 0 Å². The SMILES string of the molecule is O=C(O)C1(CC2Cc3cc(F)ccc3O2)COCCC1=O. The minimum Gasteiger partial charge on any atom is -0.490 e. The Kier molecular flexibility index (Phi) is 3.41. The number of carbonyl (C=O) groups is 2. The van der Waals surface area contributed by atoms with E-state index in [0.717, 1.165) is 0 Å². The summed E-state index contributed by atoms with van der Waals surface area (Å²) in [4.78, 5) is 23.7. The molecule has 2 unspecified atom stereocenters. The van der Waals surface area contributed by atoms with Crippen LogP contribution in [0.5, 0.6) is 5.75 Å². The summed E-state index contributed by atoms with van der Waals surface area (Å²) >= 11 is 0. The number of halogens is 1. The van der Waals surface area contributed by atoms with Crippen LogP contribution in [-0.2, 0) is 20.7 Å². The van der Waals surface area contributed by atoms with Gasteiger partial charge in [-0.25, -0.2) is 4.39 Å². The van der Waals surface area contributed by atoms with Crippen LogP contribution in [0.1, 0.15) is 18.4 Å². The van der Waals surface area contributed by atoms with Crippen LogP contribution in [0.15, 0.2) is 18.2 Å². The Balaban J connectivity index is 1.80. The Labute approximate surface area is 120 Å². The van der Waals surface area contributed by atoms with Crippen molar-refractivity contribution >= 4 is 11.8 Å². The van der Waals surface area contributed by atoms with Gasteiger partial charge >= 0.3 is 5.97 Å². The fraction of sp³-hybridized carbons (Fsp3) is 0.467. The van der Waals surface area contributed by atoms with Crippen LogP contribution in [0.25, 0.3) is 0 Å². The first-order chi connectivity index (χ1) is 10.0. The van der Waals surface area contributed by atoms with E-state index in [0.29, 0.717) is 17.7 Å². The van der Waals surface area contributed by atoms with E-state index in [1.807, 2.05) is 0 Å². The van der Waals surface area contributed by atoms with E-state index >= 15 is 0 Å². The highest BCUT2D eigenvalue weighted by molar-refractivity contribution is 6.03. The first-order valence-electron chi connectivity index (χ1n) is 6.81. The second kappa shape index (κ2) is 5.11. The Morgan fingerprint density at radius 2 is 2.29 bits per heavy atom. The molecule has 1 fully saturated rings. The highest BCUT2D eigenvalue weighted by Crippen LogP contribution is 2.37. The molecule has 0 aromatic heterocycles. The number of carboxylic acids is 1. The first-order valence-corrected chi connectivity index (χ1v) is 6.81. The van der Waals surface area contributed by atoms with Crippen molar-refractivity contribution in [2.75, 3.05) is 13.2 Å². The van der Waals surface area contributed by atoms with Crippen molar-refractivity contribution in [2.24, 2.45) is 5.41 Å². The molecule has 2 aliphatic rings. The van der Waals surface area contributed by atoms with Crippen molar-refractivity contribution in [3.8, 4) is 5.75 Å². The Morgan fingerprint density at radius 3 is 3.00 bits per heavy atom. The number of rotatable bonds is 3. The number of carbonyl (C=O) groups excluding carboxylic acids is 1. The average molecular weight is 294 g/mol. The summed E-state index contributed by atoms with van der Waals surface area (Å²) in [7, 11) is 0. The summed E-state index contributed by atoms with van der Waals surface area (Å²) in [6, 6.07) is 4.20. The molecular formula is C15H15FO5. The number of ether oxygens (including phenoxy) is 2. The van der Waals surface area contributed by atoms with E-state index in [2.05, 4.69) is 0 Å². The van der Waals surface area contributed by atoms with Gasteiger partial charge in [-0.05, 0) is 18.2 Å². The van der Waals surface area contributed by atoms with Gasteiger partial charge in [-0.15, -0.1) is 0 Å². The molecular weight excluding hydrogens is 279 g/mol. The Bertz CT molecular complexity index is 600. The monoisotopic (exact) mass is 294 g/mol. The van der Waals surface area contributed by atoms with Gasteiger partial charge in [0.1, 0.15) is 17.7 Å². The van der Waals surface area contributed by atoms with Gasteiger partial charge in [0.05, 0.1) is 13.2 Å². The van der Waals surface area contributed by atoms with Gasteiger partial charge < -0.3 is 14.6 Å². The lowest BCUT2D eigenvalue weighted by Crippen LogP contribution is -2.49. The molecule has 3 rings (SSSR count). The number of benzene rings is 1. The van der Waals surface area contributed by atoms with Gasteiger partial charge in [0.2, 0.25) is 0 Å². The molecule has 0 aliphatic carbocycles. The van der Waals surface area contributed by atoms with Gasteiger partial charge in [0.15, 0.2) is 11.2 Å². The van der Waals surface area contributed by atoms with Crippen LogP contribution < -0.4 is 4.74 Å². The zero-order valence-electron chi connectivity index (χ0n) is 11.3. The number of carboxylic acid groups (broad SMARTS) is 1. The third kappa shape index (κ3) is 2.40. The number of hydrogen-bond acceptors (Lipinski definition) is 4. The smallest absolute Gasteiger partial charge is 0.319 e. The number of Topliss-reactive ketones (excluding diaryl/α,β-unsaturated/α-hetero) is 1. The number of ketones is 1. The number of fused-ring (bicyclic) bond motifs is 1. The van der Waals surface area contributed by atoms with Crippen molar-refractivity contribution in [3.05, 3.63) is 29.6 Å². The molecule has 1 aromatic rings. The molecule has 5 nitrogen and oxygen atoms in total. The van der Waals surface area contributed by atoms with Crippen LogP contribution in [0.3, 0.4) is 0 Å². The summed E-state index contributed by atoms with van der Waals surface area (Å²) in [6.45, 7) is 0.122. The van der Waals surface area contributed by atoms with Crippen molar-refractivity contribution in [2.45, 2.75) is 25.4 Å². The Morgan fingerprint density at radius 1 is 1.48 bits per heavy atom. The molecule has 112 valence electrons. The minimum absolute atomic E-state index is 0.0392. The number of aliphatic carboxylic acids is 1. The van der Waals surface area contributed by atoms with Gasteiger partial charge in [0.25, 0.3) is 0 Å². The maximum absolute atomic E-state index is 13.2. The zero-order valence-corrected chi connectivity index (χ0v) is 11.3. The van der Waals surface area contributed by atoms with Crippen LogP contribution in [0.4, 0.5) is 4.39 Å². The molecule has 21 heavy (non-hydrogen) atoms. The van der Waals surface area contributed by atoms with Crippen molar-refractivity contribution in [1.82, 2.24) is 0 Å². The van der Waals surface area contributed by atoms with Gasteiger partial charge in [-0.1, -0.05) is 0 Å². The molecule has 0 saturated carbocycles. The summed E-state index contributed by atoms with van der Waals surface area (Å²) in [5, 5.41) is 9.46. The maximum atomic E-state index is 13.2. The normalized spacial score (nSPS) is 28.0. The predicted molar refractivity (Wildman–Crippen MR) is 69.6 cm³/mol. The summed E-state index contributed by atoms with van der Waals surface area (Å²) in [5.41, 5.74) is -0.853. The molecule has 1 N–H and O–H groups in total. The fourth-order valence-electron chi connectivity index (χ4n) is 2.96. The topological polar surface area (TPSA) is 72.8 Å². The standard InChI is InChI=1S/C15H15FO5/c16-10-1-2-12-9(5-10)6-11(21-12)7-15(14(18)19)8-20-4-3-13(15)17/h1-2,5,11H,3-4,6-8H2,(H,18,19). The first kappa shape index (κ1) is 14.0. The molecule has 2 aliphatic heterocycles. The van der Waals surface area contributed by atoms with Crippen LogP contribution >= 0.6 is 0 Å². The van der Waals surface area contributed by atoms with Gasteiger partial charge in [0, 0.05) is 24.8 Å². The van der Waals surface area contributed by atoms with E-state index in [-0.39, 0.29) is 37.7 Å². The average Bonchev–Trinajstić information content (AvgIpc) is 2.82. The molecule has 0 bridgehead atoms. The fourth-order valence-corrected chi connectivity index (χ4v) is 2.96. The summed E-state index contributed by atoms with van der Waals surface area (Å²) < 4.78 is 24.0. The molecule has 2 heterocycles. The molecule has 0 amide bonds. The second-order valence-electron chi connectivity index (χ2n) is 5.51. The lowest BCUT2D eigenvalue weighted by molar-refractivity contribution is -0.166. The van der Waals surface area contributed by atoms with E-state index in [1.165, 1.54) is 18.2 Å². The summed E-state index contributed by atoms with van der Waals surface area (Å²) in [6.07, 6.45) is 0.0801. The van der Waals surface area contributed by atoms with Crippen molar-refractivity contribution in [3.63, 3.8) is 0 Å². The van der Waals surface area contributed by atoms with E-state index in [4.69, 9.17) is 9.47 Å². The van der Waals surface area contributed by atoms with Gasteiger partial charge in [-0.3, -0.25) is 9.59 Å². The summed E-state index contributed by atoms with van der Waals surface area (Å²) in [5.74, 6) is -1.32. The third-order valence-electron chi connectivity index (χ3n) is 4.10. The lowest BCUT2D eigenvalue weighted by atomic mass is 9.76. The maximum Gasteiger partial charge on any atom is 0.319 e. The van der Waals surface area contributed by atoms with Crippen LogP contribution in [-0.4, -0.2) is 36.2 Å². The highest BCUT2D eigenvalue weighted by Gasteiger charge is 2.50. The molecule has 1 aromatic carbocycles. The third-order valence-corrected chi connectivity index (χ3v) is 4.10. The highest BCUT2D eigenvalue weighted by atomic mass is 19.1.